The highest BCUT2D eigenvalue weighted by molar-refractivity contribution is 7.80. The van der Waals surface area contributed by atoms with E-state index < -0.39 is 0 Å². The number of rotatable bonds is 2. The highest BCUT2D eigenvalue weighted by Crippen LogP contribution is 2.15. The predicted octanol–water partition coefficient (Wildman–Crippen LogP) is 0.251. The molecule has 0 spiro atoms. The van der Waals surface area contributed by atoms with Gasteiger partial charge in [0.2, 0.25) is 5.95 Å². The number of aromatic nitrogens is 2. The molecule has 1 aliphatic rings. The van der Waals surface area contributed by atoms with E-state index in [2.05, 4.69) is 33.7 Å². The van der Waals surface area contributed by atoms with E-state index >= 15 is 0 Å². The second-order valence-electron chi connectivity index (χ2n) is 4.41. The Morgan fingerprint density at radius 3 is 2.94 bits per heavy atom. The van der Waals surface area contributed by atoms with Gasteiger partial charge < -0.3 is 15.5 Å². The summed E-state index contributed by atoms with van der Waals surface area (Å²) in [5.74, 6) is 0.718. The maximum atomic E-state index is 5.58. The second-order valence-corrected chi connectivity index (χ2v) is 4.85. The van der Waals surface area contributed by atoms with Crippen molar-refractivity contribution < 1.29 is 0 Å². The molecule has 2 rings (SSSR count). The molecule has 2 heterocycles. The molecule has 92 valence electrons. The molecule has 1 saturated heterocycles. The topological polar surface area (TPSA) is 58.3 Å². The molecule has 1 aliphatic heterocycles. The molecule has 1 aromatic rings. The summed E-state index contributed by atoms with van der Waals surface area (Å²) in [5, 5.41) is 0. The third kappa shape index (κ3) is 2.70. The summed E-state index contributed by atoms with van der Waals surface area (Å²) in [5.41, 5.74) is 6.22. The van der Waals surface area contributed by atoms with Crippen LogP contribution in [0.15, 0.2) is 12.3 Å². The number of hydrogen-bond acceptors (Lipinski definition) is 5. The average molecular weight is 251 g/mol. The van der Waals surface area contributed by atoms with Crippen LogP contribution in [0.5, 0.6) is 0 Å². The summed E-state index contributed by atoms with van der Waals surface area (Å²) in [6.45, 7) is 5.14. The lowest BCUT2D eigenvalue weighted by Crippen LogP contribution is -2.51. The van der Waals surface area contributed by atoms with Crippen molar-refractivity contribution in [2.24, 2.45) is 5.73 Å². The monoisotopic (exact) mass is 251 g/mol. The number of thiocarbonyl (C=S) groups is 1. The molecular weight excluding hydrogens is 234 g/mol. The maximum Gasteiger partial charge on any atom is 0.226 e. The maximum absolute atomic E-state index is 5.58. The average Bonchev–Trinajstić information content (AvgIpc) is 2.29. The van der Waals surface area contributed by atoms with Gasteiger partial charge in [-0.15, -0.1) is 0 Å². The summed E-state index contributed by atoms with van der Waals surface area (Å²) < 4.78 is 0. The normalized spacial score (nSPS) is 21.5. The Morgan fingerprint density at radius 2 is 2.29 bits per heavy atom. The smallest absolute Gasteiger partial charge is 0.226 e. The number of nitrogens with zero attached hydrogens (tertiary/aromatic N) is 4. The fourth-order valence-corrected chi connectivity index (χ4v) is 2.17. The highest BCUT2D eigenvalue weighted by atomic mass is 32.1. The molecule has 0 saturated carbocycles. The van der Waals surface area contributed by atoms with Gasteiger partial charge in [-0.2, -0.15) is 0 Å². The summed E-state index contributed by atoms with van der Waals surface area (Å²) in [6, 6.07) is 2.14. The van der Waals surface area contributed by atoms with Crippen LogP contribution in [0.25, 0.3) is 0 Å². The van der Waals surface area contributed by atoms with E-state index in [1.807, 2.05) is 0 Å². The first-order chi connectivity index (χ1) is 8.08. The molecule has 0 aromatic carbocycles. The minimum Gasteiger partial charge on any atom is -0.388 e. The first kappa shape index (κ1) is 12.2. The minimum absolute atomic E-state index is 0.315. The number of anilines is 1. The van der Waals surface area contributed by atoms with Crippen LogP contribution < -0.4 is 10.6 Å². The molecule has 1 unspecified atom stereocenters. The Morgan fingerprint density at radius 1 is 1.53 bits per heavy atom. The lowest BCUT2D eigenvalue weighted by Gasteiger charge is -2.38. The van der Waals surface area contributed by atoms with Crippen LogP contribution >= 0.6 is 12.2 Å². The van der Waals surface area contributed by atoms with Crippen molar-refractivity contribution in [1.82, 2.24) is 14.9 Å². The van der Waals surface area contributed by atoms with Crippen molar-refractivity contribution in [2.45, 2.75) is 13.0 Å². The summed E-state index contributed by atoms with van der Waals surface area (Å²) in [6.07, 6.45) is 1.71. The molecule has 0 bridgehead atoms. The van der Waals surface area contributed by atoms with E-state index in [1.165, 1.54) is 0 Å². The van der Waals surface area contributed by atoms with Gasteiger partial charge in [-0.1, -0.05) is 12.2 Å². The lowest BCUT2D eigenvalue weighted by molar-refractivity contribution is 0.273. The summed E-state index contributed by atoms with van der Waals surface area (Å²) in [4.78, 5) is 13.5. The SMILES string of the molecule is CC1CN(C)CCN1c1nccc(C(N)=S)n1. The molecule has 1 atom stereocenters. The Balaban J connectivity index is 2.22. The summed E-state index contributed by atoms with van der Waals surface area (Å²) >= 11 is 4.93. The van der Waals surface area contributed by atoms with Gasteiger partial charge >= 0.3 is 0 Å². The van der Waals surface area contributed by atoms with E-state index in [1.54, 1.807) is 12.3 Å². The van der Waals surface area contributed by atoms with Gasteiger partial charge in [0.1, 0.15) is 10.7 Å². The van der Waals surface area contributed by atoms with Crippen molar-refractivity contribution >= 4 is 23.2 Å². The largest absolute Gasteiger partial charge is 0.388 e. The van der Waals surface area contributed by atoms with Gasteiger partial charge in [0.05, 0.1) is 0 Å². The van der Waals surface area contributed by atoms with Crippen LogP contribution in [0.2, 0.25) is 0 Å². The number of hydrogen-bond donors (Lipinski definition) is 1. The molecule has 6 heteroatoms. The molecule has 0 radical (unpaired) electrons. The minimum atomic E-state index is 0.315. The summed E-state index contributed by atoms with van der Waals surface area (Å²) in [7, 11) is 2.13. The third-order valence-corrected chi connectivity index (χ3v) is 3.19. The van der Waals surface area contributed by atoms with E-state index in [9.17, 15) is 0 Å². The van der Waals surface area contributed by atoms with Crippen LogP contribution in [-0.2, 0) is 0 Å². The molecule has 5 nitrogen and oxygen atoms in total. The van der Waals surface area contributed by atoms with Gasteiger partial charge in [0.15, 0.2) is 0 Å². The Hall–Kier alpha value is -1.27. The third-order valence-electron chi connectivity index (χ3n) is 2.98. The molecule has 2 N–H and O–H groups in total. The zero-order chi connectivity index (χ0) is 12.4. The quantitative estimate of drug-likeness (QED) is 0.761. The van der Waals surface area contributed by atoms with Crippen LogP contribution in [0.1, 0.15) is 12.6 Å². The molecule has 0 amide bonds. The van der Waals surface area contributed by atoms with Gasteiger partial charge in [0, 0.05) is 31.9 Å². The fraction of sp³-hybridized carbons (Fsp3) is 0.545. The van der Waals surface area contributed by atoms with Gasteiger partial charge in [0.25, 0.3) is 0 Å². The number of likely N-dealkylation sites (N-methyl/N-ethyl adjacent to an activating group) is 1. The predicted molar refractivity (Wildman–Crippen MR) is 72.2 cm³/mol. The molecule has 1 aromatic heterocycles. The van der Waals surface area contributed by atoms with Gasteiger partial charge in [-0.3, -0.25) is 0 Å². The van der Waals surface area contributed by atoms with Crippen LogP contribution in [0.4, 0.5) is 5.95 Å². The van der Waals surface area contributed by atoms with E-state index in [-0.39, 0.29) is 0 Å². The van der Waals surface area contributed by atoms with Crippen molar-refractivity contribution in [2.75, 3.05) is 31.6 Å². The first-order valence-corrected chi connectivity index (χ1v) is 6.07. The Kier molecular flexibility index (Phi) is 3.54. The lowest BCUT2D eigenvalue weighted by atomic mass is 10.2. The van der Waals surface area contributed by atoms with E-state index in [4.69, 9.17) is 18.0 Å². The van der Waals surface area contributed by atoms with Crippen molar-refractivity contribution in [1.29, 1.82) is 0 Å². The molecule has 0 aliphatic carbocycles. The number of piperazine rings is 1. The van der Waals surface area contributed by atoms with Gasteiger partial charge in [-0.25, -0.2) is 9.97 Å². The van der Waals surface area contributed by atoms with Crippen LogP contribution in [-0.4, -0.2) is 52.6 Å². The molecular formula is C11H17N5S. The molecule has 1 fully saturated rings. The Labute approximate surface area is 107 Å². The van der Waals surface area contributed by atoms with Crippen molar-refractivity contribution in [3.05, 3.63) is 18.0 Å². The van der Waals surface area contributed by atoms with Crippen molar-refractivity contribution in [3.63, 3.8) is 0 Å². The fourth-order valence-electron chi connectivity index (χ4n) is 2.06. The Bertz CT molecular complexity index is 422. The highest BCUT2D eigenvalue weighted by Gasteiger charge is 2.23. The van der Waals surface area contributed by atoms with E-state index in [0.29, 0.717) is 16.7 Å². The van der Waals surface area contributed by atoms with E-state index in [0.717, 1.165) is 25.6 Å². The molecule has 17 heavy (non-hydrogen) atoms. The zero-order valence-corrected chi connectivity index (χ0v) is 10.9. The van der Waals surface area contributed by atoms with Gasteiger partial charge in [-0.05, 0) is 20.0 Å². The zero-order valence-electron chi connectivity index (χ0n) is 10.1. The second kappa shape index (κ2) is 4.93. The van der Waals surface area contributed by atoms with Crippen LogP contribution in [0.3, 0.4) is 0 Å². The van der Waals surface area contributed by atoms with Crippen molar-refractivity contribution in [3.8, 4) is 0 Å². The number of nitrogens with two attached hydrogens (primary N) is 1. The van der Waals surface area contributed by atoms with Crippen LogP contribution in [0, 0.1) is 0 Å². The standard InChI is InChI=1S/C11H17N5S/c1-8-7-15(2)5-6-16(8)11-13-4-3-9(14-11)10(12)17/h3-4,8H,5-7H2,1-2H3,(H2,12,17). The first-order valence-electron chi connectivity index (χ1n) is 5.66.